The van der Waals surface area contributed by atoms with Crippen molar-refractivity contribution in [2.75, 3.05) is 6.54 Å². The van der Waals surface area contributed by atoms with Crippen LogP contribution in [0.25, 0.3) is 11.0 Å². The average molecular weight is 352 g/mol. The number of furan rings is 1. The number of carbonyl (C=O) groups excluding carboxylic acids is 1. The second-order valence-corrected chi connectivity index (χ2v) is 7.08. The SMILES string of the molecule is Cc1cc(C)c2c(CC(=O)NCc3cc4n(n3)CCNC4)coc2c1C. The number of hydrogen-bond acceptors (Lipinski definition) is 4. The summed E-state index contributed by atoms with van der Waals surface area (Å²) in [5, 5.41) is 11.9. The van der Waals surface area contributed by atoms with Gasteiger partial charge in [0.2, 0.25) is 5.91 Å². The molecule has 3 heterocycles. The summed E-state index contributed by atoms with van der Waals surface area (Å²) in [5.41, 5.74) is 7.38. The smallest absolute Gasteiger partial charge is 0.224 e. The van der Waals surface area contributed by atoms with Crippen molar-refractivity contribution in [1.29, 1.82) is 0 Å². The first kappa shape index (κ1) is 16.8. The fourth-order valence-electron chi connectivity index (χ4n) is 3.68. The molecule has 0 atom stereocenters. The monoisotopic (exact) mass is 352 g/mol. The molecule has 1 amide bonds. The quantitative estimate of drug-likeness (QED) is 0.757. The predicted octanol–water partition coefficient (Wildman–Crippen LogP) is 2.52. The zero-order valence-corrected chi connectivity index (χ0v) is 15.5. The third-order valence-corrected chi connectivity index (χ3v) is 5.16. The fourth-order valence-corrected chi connectivity index (χ4v) is 3.68. The minimum absolute atomic E-state index is 0.0191. The zero-order chi connectivity index (χ0) is 18.3. The molecule has 0 fully saturated rings. The Bertz CT molecular complexity index is 960. The van der Waals surface area contributed by atoms with Crippen LogP contribution in [0.4, 0.5) is 0 Å². The first-order chi connectivity index (χ1) is 12.5. The van der Waals surface area contributed by atoms with Crippen LogP contribution < -0.4 is 10.6 Å². The number of hydrogen-bond donors (Lipinski definition) is 2. The van der Waals surface area contributed by atoms with Crippen molar-refractivity contribution in [1.82, 2.24) is 20.4 Å². The van der Waals surface area contributed by atoms with Gasteiger partial charge in [-0.05, 0) is 43.5 Å². The topological polar surface area (TPSA) is 72.1 Å². The summed E-state index contributed by atoms with van der Waals surface area (Å²) in [6.07, 6.45) is 2.02. The Kier molecular flexibility index (Phi) is 4.28. The fraction of sp³-hybridized carbons (Fsp3) is 0.400. The molecule has 0 spiro atoms. The number of benzene rings is 1. The Labute approximate surface area is 152 Å². The minimum atomic E-state index is -0.0191. The molecule has 0 saturated carbocycles. The summed E-state index contributed by atoms with van der Waals surface area (Å²) in [7, 11) is 0. The lowest BCUT2D eigenvalue weighted by Crippen LogP contribution is -2.28. The van der Waals surface area contributed by atoms with E-state index in [4.69, 9.17) is 4.42 Å². The second-order valence-electron chi connectivity index (χ2n) is 7.08. The van der Waals surface area contributed by atoms with E-state index in [-0.39, 0.29) is 5.91 Å². The van der Waals surface area contributed by atoms with Crippen LogP contribution >= 0.6 is 0 Å². The van der Waals surface area contributed by atoms with Gasteiger partial charge in [0.15, 0.2) is 0 Å². The summed E-state index contributed by atoms with van der Waals surface area (Å²) in [6.45, 7) is 9.30. The Morgan fingerprint density at radius 2 is 2.15 bits per heavy atom. The van der Waals surface area contributed by atoms with E-state index in [2.05, 4.69) is 48.6 Å². The normalized spacial score (nSPS) is 13.8. The molecule has 1 aromatic carbocycles. The van der Waals surface area contributed by atoms with Crippen molar-refractivity contribution in [3.63, 3.8) is 0 Å². The van der Waals surface area contributed by atoms with Crippen molar-refractivity contribution in [2.24, 2.45) is 0 Å². The lowest BCUT2D eigenvalue weighted by Gasteiger charge is -2.13. The zero-order valence-electron chi connectivity index (χ0n) is 15.5. The summed E-state index contributed by atoms with van der Waals surface area (Å²) in [4.78, 5) is 12.4. The molecule has 0 radical (unpaired) electrons. The van der Waals surface area contributed by atoms with Gasteiger partial charge < -0.3 is 15.1 Å². The maximum absolute atomic E-state index is 12.4. The molecular weight excluding hydrogens is 328 g/mol. The molecule has 1 aliphatic heterocycles. The molecule has 2 N–H and O–H groups in total. The van der Waals surface area contributed by atoms with Crippen molar-refractivity contribution in [3.8, 4) is 0 Å². The Morgan fingerprint density at radius 3 is 2.96 bits per heavy atom. The van der Waals surface area contributed by atoms with Crippen LogP contribution in [0.15, 0.2) is 22.8 Å². The van der Waals surface area contributed by atoms with Gasteiger partial charge in [-0.2, -0.15) is 5.10 Å². The van der Waals surface area contributed by atoms with Crippen LogP contribution in [0.3, 0.4) is 0 Å². The molecule has 6 heteroatoms. The van der Waals surface area contributed by atoms with E-state index < -0.39 is 0 Å². The molecule has 0 unspecified atom stereocenters. The van der Waals surface area contributed by atoms with Crippen molar-refractivity contribution < 1.29 is 9.21 Å². The number of fused-ring (bicyclic) bond motifs is 2. The van der Waals surface area contributed by atoms with Crippen LogP contribution in [0.1, 0.15) is 33.6 Å². The van der Waals surface area contributed by atoms with Crippen LogP contribution in [0.5, 0.6) is 0 Å². The maximum Gasteiger partial charge on any atom is 0.224 e. The molecular formula is C20H24N4O2. The summed E-state index contributed by atoms with van der Waals surface area (Å²) in [6, 6.07) is 4.20. The molecule has 0 bridgehead atoms. The van der Waals surface area contributed by atoms with Crippen LogP contribution in [0, 0.1) is 20.8 Å². The number of carbonyl (C=O) groups is 1. The number of aryl methyl sites for hydroxylation is 3. The Hall–Kier alpha value is -2.60. The first-order valence-corrected chi connectivity index (χ1v) is 9.03. The van der Waals surface area contributed by atoms with Gasteiger partial charge in [-0.15, -0.1) is 0 Å². The van der Waals surface area contributed by atoms with Crippen molar-refractivity contribution in [3.05, 3.63) is 52.0 Å². The van der Waals surface area contributed by atoms with E-state index in [9.17, 15) is 4.79 Å². The lowest BCUT2D eigenvalue weighted by molar-refractivity contribution is -0.120. The molecule has 3 aromatic rings. The predicted molar refractivity (Wildman–Crippen MR) is 99.9 cm³/mol. The summed E-state index contributed by atoms with van der Waals surface area (Å²) in [5.74, 6) is -0.0191. The minimum Gasteiger partial charge on any atom is -0.464 e. The van der Waals surface area contributed by atoms with E-state index in [1.165, 1.54) is 11.3 Å². The first-order valence-electron chi connectivity index (χ1n) is 9.03. The number of aromatic nitrogens is 2. The molecule has 26 heavy (non-hydrogen) atoms. The third kappa shape index (κ3) is 3.01. The lowest BCUT2D eigenvalue weighted by atomic mass is 9.99. The summed E-state index contributed by atoms with van der Waals surface area (Å²) < 4.78 is 7.77. The maximum atomic E-state index is 12.4. The average Bonchev–Trinajstić information content (AvgIpc) is 3.22. The van der Waals surface area contributed by atoms with Crippen molar-refractivity contribution in [2.45, 2.75) is 46.8 Å². The van der Waals surface area contributed by atoms with Crippen molar-refractivity contribution >= 4 is 16.9 Å². The van der Waals surface area contributed by atoms with E-state index in [1.807, 2.05) is 4.68 Å². The molecule has 2 aromatic heterocycles. The van der Waals surface area contributed by atoms with E-state index >= 15 is 0 Å². The summed E-state index contributed by atoms with van der Waals surface area (Å²) >= 11 is 0. The van der Waals surface area contributed by atoms with Gasteiger partial charge in [0.25, 0.3) is 0 Å². The standard InChI is InChI=1S/C20H24N4O2/c1-12-6-13(2)19-15(11-26-20(19)14(12)3)7-18(25)22-9-16-8-17-10-21-4-5-24(17)23-16/h6,8,11,21H,4-5,7,9-10H2,1-3H3,(H,22,25). The third-order valence-electron chi connectivity index (χ3n) is 5.16. The largest absolute Gasteiger partial charge is 0.464 e. The van der Waals surface area contributed by atoms with E-state index in [1.54, 1.807) is 6.26 Å². The van der Waals surface area contributed by atoms with Gasteiger partial charge in [0, 0.05) is 24.0 Å². The van der Waals surface area contributed by atoms with Crippen LogP contribution in [0.2, 0.25) is 0 Å². The van der Waals surface area contributed by atoms with Gasteiger partial charge in [-0.25, -0.2) is 0 Å². The number of rotatable bonds is 4. The number of nitrogens with one attached hydrogen (secondary N) is 2. The van der Waals surface area contributed by atoms with E-state index in [0.717, 1.165) is 53.0 Å². The number of amides is 1. The Balaban J connectivity index is 1.46. The molecule has 0 saturated heterocycles. The molecule has 4 rings (SSSR count). The highest BCUT2D eigenvalue weighted by atomic mass is 16.3. The van der Waals surface area contributed by atoms with Gasteiger partial charge >= 0.3 is 0 Å². The van der Waals surface area contributed by atoms with Gasteiger partial charge in [0.1, 0.15) is 5.58 Å². The van der Waals surface area contributed by atoms with Gasteiger partial charge in [0.05, 0.1) is 37.2 Å². The molecule has 1 aliphatic rings. The molecule has 0 aliphatic carbocycles. The highest BCUT2D eigenvalue weighted by Gasteiger charge is 2.16. The Morgan fingerprint density at radius 1 is 1.31 bits per heavy atom. The van der Waals surface area contributed by atoms with Crippen LogP contribution in [-0.2, 0) is 30.8 Å². The van der Waals surface area contributed by atoms with Gasteiger partial charge in [-0.3, -0.25) is 9.48 Å². The molecule has 136 valence electrons. The second kappa shape index (κ2) is 6.61. The number of nitrogens with zero attached hydrogens (tertiary/aromatic N) is 2. The van der Waals surface area contributed by atoms with E-state index in [0.29, 0.717) is 13.0 Å². The molecule has 6 nitrogen and oxygen atoms in total. The highest BCUT2D eigenvalue weighted by molar-refractivity contribution is 5.91. The van der Waals surface area contributed by atoms with Gasteiger partial charge in [-0.1, -0.05) is 6.07 Å². The highest BCUT2D eigenvalue weighted by Crippen LogP contribution is 2.30. The van der Waals surface area contributed by atoms with Crippen LogP contribution in [-0.4, -0.2) is 22.2 Å².